The van der Waals surface area contributed by atoms with Gasteiger partial charge in [0, 0.05) is 30.4 Å². The second kappa shape index (κ2) is 8.12. The molecule has 0 saturated heterocycles. The van der Waals surface area contributed by atoms with E-state index in [9.17, 15) is 35.9 Å². The number of anilines is 1. The maximum atomic E-state index is 13.4. The van der Waals surface area contributed by atoms with E-state index in [1.165, 1.54) is 15.8 Å². The van der Waals surface area contributed by atoms with Gasteiger partial charge in [0.05, 0.1) is 18.6 Å². The van der Waals surface area contributed by atoms with Gasteiger partial charge in [-0.1, -0.05) is 0 Å². The van der Waals surface area contributed by atoms with E-state index in [4.69, 9.17) is 0 Å². The Hall–Kier alpha value is -3.25. The first-order valence-corrected chi connectivity index (χ1v) is 9.02. The summed E-state index contributed by atoms with van der Waals surface area (Å²) in [7, 11) is 0. The summed E-state index contributed by atoms with van der Waals surface area (Å²) in [5.41, 5.74) is -0.416. The zero-order valence-electron chi connectivity index (χ0n) is 16.2. The van der Waals surface area contributed by atoms with Crippen molar-refractivity contribution in [1.29, 1.82) is 0 Å². The molecule has 7 nitrogen and oxygen atoms in total. The van der Waals surface area contributed by atoms with Crippen LogP contribution in [0.5, 0.6) is 0 Å². The third-order valence-electron chi connectivity index (χ3n) is 4.81. The molecule has 1 aliphatic rings. The first-order chi connectivity index (χ1) is 14.4. The fraction of sp³-hybridized carbons (Fsp3) is 0.389. The summed E-state index contributed by atoms with van der Waals surface area (Å²) < 4.78 is 79.5. The molecule has 31 heavy (non-hydrogen) atoms. The fourth-order valence-corrected chi connectivity index (χ4v) is 3.06. The number of alkyl halides is 3. The second-order valence-electron chi connectivity index (χ2n) is 7.09. The van der Waals surface area contributed by atoms with Crippen molar-refractivity contribution < 1.29 is 35.9 Å². The van der Waals surface area contributed by atoms with E-state index in [0.29, 0.717) is 12.1 Å². The lowest BCUT2D eigenvalue weighted by molar-refractivity contribution is -0.149. The number of carbonyl (C=O) groups is 2. The predicted molar refractivity (Wildman–Crippen MR) is 95.5 cm³/mol. The molecular weight excluding hydrogens is 432 g/mol. The Morgan fingerprint density at radius 1 is 1.19 bits per heavy atom. The lowest BCUT2D eigenvalue weighted by Gasteiger charge is -2.34. The van der Waals surface area contributed by atoms with Crippen LogP contribution in [-0.4, -0.2) is 44.6 Å². The molecule has 0 spiro atoms. The summed E-state index contributed by atoms with van der Waals surface area (Å²) in [6.07, 6.45) is -3.37. The Kier molecular flexibility index (Phi) is 5.87. The number of hydrogen-bond donors (Lipinski definition) is 2. The number of nitrogens with zero attached hydrogens (tertiary/aromatic N) is 3. The number of carbonyl (C=O) groups excluding carboxylic acids is 2. The second-order valence-corrected chi connectivity index (χ2v) is 7.09. The van der Waals surface area contributed by atoms with Crippen LogP contribution in [0.15, 0.2) is 18.5 Å². The van der Waals surface area contributed by atoms with Crippen LogP contribution in [0.2, 0.25) is 0 Å². The Morgan fingerprint density at radius 3 is 2.39 bits per heavy atom. The van der Waals surface area contributed by atoms with Crippen molar-refractivity contribution in [2.75, 3.05) is 5.32 Å². The Morgan fingerprint density at radius 2 is 1.81 bits per heavy atom. The summed E-state index contributed by atoms with van der Waals surface area (Å²) in [6.45, 7) is 2.40. The molecule has 168 valence electrons. The molecular formula is C18H17F6N5O2. The van der Waals surface area contributed by atoms with Crippen molar-refractivity contribution >= 4 is 17.6 Å². The minimum Gasteiger partial charge on any atom is -0.339 e. The van der Waals surface area contributed by atoms with Crippen LogP contribution in [0.3, 0.4) is 0 Å². The van der Waals surface area contributed by atoms with Gasteiger partial charge in [-0.05, 0) is 13.8 Å². The van der Waals surface area contributed by atoms with Crippen LogP contribution in [0.1, 0.15) is 30.0 Å². The third kappa shape index (κ3) is 4.59. The highest BCUT2D eigenvalue weighted by Crippen LogP contribution is 2.24. The Balaban J connectivity index is 1.78. The molecule has 2 heterocycles. The van der Waals surface area contributed by atoms with Gasteiger partial charge in [-0.25, -0.2) is 22.9 Å². The molecule has 2 aromatic rings. The zero-order valence-corrected chi connectivity index (χ0v) is 16.2. The highest BCUT2D eigenvalue weighted by molar-refractivity contribution is 5.94. The highest BCUT2D eigenvalue weighted by Gasteiger charge is 2.38. The Labute approximate surface area is 172 Å². The smallest absolute Gasteiger partial charge is 0.339 e. The molecule has 13 heteroatoms. The maximum Gasteiger partial charge on any atom is 0.408 e. The molecule has 0 saturated carbocycles. The topological polar surface area (TPSA) is 79.3 Å². The van der Waals surface area contributed by atoms with Gasteiger partial charge < -0.3 is 20.1 Å². The number of fused-ring (bicyclic) bond motifs is 1. The first-order valence-electron chi connectivity index (χ1n) is 9.02. The lowest BCUT2D eigenvalue weighted by atomic mass is 10.1. The molecule has 2 N–H and O–H groups in total. The highest BCUT2D eigenvalue weighted by atomic mass is 19.4. The summed E-state index contributed by atoms with van der Waals surface area (Å²) in [4.78, 5) is 29.9. The van der Waals surface area contributed by atoms with E-state index in [0.717, 1.165) is 6.92 Å². The standard InChI is InChI=1S/C18H17F6N5O2/c1-8-5-28-7-25-15(16(30)26-9(2)18(22,23)24)13(28)6-29(8)17(31)27-10-3-11(19)14(21)12(20)4-10/h3-4,7-9H,5-6H2,1-2H3,(H,26,30)(H,27,31)/t8-,9+/m0/s1. The van der Waals surface area contributed by atoms with Crippen molar-refractivity contribution in [1.82, 2.24) is 19.8 Å². The molecule has 1 aromatic heterocycles. The van der Waals surface area contributed by atoms with Crippen LogP contribution < -0.4 is 10.6 Å². The van der Waals surface area contributed by atoms with Crippen LogP contribution in [0, 0.1) is 17.5 Å². The molecule has 0 radical (unpaired) electrons. The molecule has 0 fully saturated rings. The molecule has 1 aromatic carbocycles. The van der Waals surface area contributed by atoms with Gasteiger partial charge in [0.2, 0.25) is 0 Å². The van der Waals surface area contributed by atoms with Gasteiger partial charge >= 0.3 is 12.2 Å². The number of imidazole rings is 1. The number of urea groups is 1. The van der Waals surface area contributed by atoms with Crippen LogP contribution in [0.4, 0.5) is 36.8 Å². The SMILES string of the molecule is C[C@H]1Cn2cnc(C(=O)N[C@H](C)C(F)(F)F)c2CN1C(=O)Nc1cc(F)c(F)c(F)c1. The van der Waals surface area contributed by atoms with Crippen molar-refractivity contribution in [3.63, 3.8) is 0 Å². The molecule has 0 aliphatic carbocycles. The summed E-state index contributed by atoms with van der Waals surface area (Å²) in [5, 5.41) is 4.04. The van der Waals surface area contributed by atoms with Gasteiger partial charge in [-0.15, -0.1) is 0 Å². The number of amides is 3. The van der Waals surface area contributed by atoms with E-state index < -0.39 is 47.6 Å². The largest absolute Gasteiger partial charge is 0.408 e. The molecule has 0 unspecified atom stereocenters. The first kappa shape index (κ1) is 22.4. The number of nitrogens with one attached hydrogen (secondary N) is 2. The fourth-order valence-electron chi connectivity index (χ4n) is 3.06. The molecule has 0 bridgehead atoms. The molecule has 1 aliphatic heterocycles. The normalized spacial score (nSPS) is 17.2. The number of benzene rings is 1. The average molecular weight is 449 g/mol. The zero-order chi connectivity index (χ0) is 23.1. The number of halogens is 6. The van der Waals surface area contributed by atoms with Crippen molar-refractivity contribution in [3.8, 4) is 0 Å². The van der Waals surface area contributed by atoms with Crippen LogP contribution in [0.25, 0.3) is 0 Å². The van der Waals surface area contributed by atoms with E-state index in [-0.39, 0.29) is 30.2 Å². The van der Waals surface area contributed by atoms with Crippen molar-refractivity contribution in [2.45, 2.75) is 45.2 Å². The minimum absolute atomic E-state index is 0.171. The summed E-state index contributed by atoms with van der Waals surface area (Å²) >= 11 is 0. The Bertz CT molecular complexity index is 998. The summed E-state index contributed by atoms with van der Waals surface area (Å²) in [5.74, 6) is -5.72. The monoisotopic (exact) mass is 449 g/mol. The van der Waals surface area contributed by atoms with Gasteiger partial charge in [0.15, 0.2) is 23.1 Å². The molecule has 3 rings (SSSR count). The number of aromatic nitrogens is 2. The quantitative estimate of drug-likeness (QED) is 0.557. The lowest BCUT2D eigenvalue weighted by Crippen LogP contribution is -2.47. The van der Waals surface area contributed by atoms with E-state index in [2.05, 4.69) is 10.3 Å². The van der Waals surface area contributed by atoms with Gasteiger partial charge in [0.1, 0.15) is 6.04 Å². The minimum atomic E-state index is -4.64. The van der Waals surface area contributed by atoms with Crippen molar-refractivity contribution in [2.24, 2.45) is 0 Å². The number of hydrogen-bond acceptors (Lipinski definition) is 3. The van der Waals surface area contributed by atoms with Gasteiger partial charge in [-0.3, -0.25) is 4.79 Å². The van der Waals surface area contributed by atoms with Crippen LogP contribution >= 0.6 is 0 Å². The number of rotatable bonds is 3. The molecule has 3 amide bonds. The van der Waals surface area contributed by atoms with E-state index in [1.807, 2.05) is 5.32 Å². The predicted octanol–water partition coefficient (Wildman–Crippen LogP) is 3.42. The van der Waals surface area contributed by atoms with Gasteiger partial charge in [-0.2, -0.15) is 13.2 Å². The average Bonchev–Trinajstić information content (AvgIpc) is 3.07. The van der Waals surface area contributed by atoms with Gasteiger partial charge in [0.25, 0.3) is 5.91 Å². The van der Waals surface area contributed by atoms with Crippen LogP contribution in [-0.2, 0) is 13.1 Å². The van der Waals surface area contributed by atoms with E-state index >= 15 is 0 Å². The van der Waals surface area contributed by atoms with E-state index in [1.54, 1.807) is 6.92 Å². The maximum absolute atomic E-state index is 13.4. The third-order valence-corrected chi connectivity index (χ3v) is 4.81. The molecule has 2 atom stereocenters. The van der Waals surface area contributed by atoms with Crippen molar-refractivity contribution in [3.05, 3.63) is 47.3 Å². The summed E-state index contributed by atoms with van der Waals surface area (Å²) in [6, 6.07) is -2.16.